The first-order valence-corrected chi connectivity index (χ1v) is 24.4. The number of rotatable bonds is 4. The first-order valence-electron chi connectivity index (χ1n) is 23.2. The zero-order chi connectivity index (χ0) is 46.6. The van der Waals surface area contributed by atoms with Crippen molar-refractivity contribution in [2.24, 2.45) is 23.2 Å². The number of fused-ring (bicyclic) bond motifs is 5. The maximum absolute atomic E-state index is 12.7. The Morgan fingerprint density at radius 2 is 1.15 bits per heavy atom. The third-order valence-corrected chi connectivity index (χ3v) is 16.9. The quantitative estimate of drug-likeness (QED) is 0.122. The molecular formula is C58H58Cl2F6Zr-2. The number of hydrogen-bond donors (Lipinski definition) is 0. The Morgan fingerprint density at radius 3 is 1.63 bits per heavy atom. The van der Waals surface area contributed by atoms with Crippen LogP contribution in [0.15, 0.2) is 91.0 Å². The van der Waals surface area contributed by atoms with Crippen molar-refractivity contribution in [1.29, 1.82) is 0 Å². The van der Waals surface area contributed by atoms with E-state index in [0.717, 1.165) is 72.7 Å². The molecule has 0 N–H and O–H groups in total. The second kappa shape index (κ2) is 18.4. The molecule has 0 radical (unpaired) electrons. The van der Waals surface area contributed by atoms with Crippen molar-refractivity contribution in [3.8, 4) is 11.1 Å². The zero-order valence-electron chi connectivity index (χ0n) is 39.6. The van der Waals surface area contributed by atoms with E-state index in [-0.39, 0.29) is 46.8 Å². The summed E-state index contributed by atoms with van der Waals surface area (Å²) in [6.07, 6.45) is 8.88. The SMILES string of the molecule is CC1=[C-]C(C)(C)c2cc3c(cc21)-c1cc2c(cc1C3)C(C)(C)C=C2C.Cc1cc(CC23CC4CC(CC(C4)C2)C3)c(C)[cH-]1.FC(F)(F)c1cccc([C](=[Zr+2])c2cccc(C(F)(F)F)c2)c1.[Cl-].[Cl-]. The molecule has 7 aliphatic carbocycles. The molecule has 0 atom stereocenters. The van der Waals surface area contributed by atoms with Crippen molar-refractivity contribution in [1.82, 2.24) is 0 Å². The third-order valence-electron chi connectivity index (χ3n) is 15.5. The second-order valence-electron chi connectivity index (χ2n) is 21.6. The fourth-order valence-electron chi connectivity index (χ4n) is 13.1. The molecule has 0 amide bonds. The van der Waals surface area contributed by atoms with Crippen molar-refractivity contribution in [2.45, 2.75) is 130 Å². The van der Waals surface area contributed by atoms with Crippen molar-refractivity contribution >= 4 is 14.4 Å². The van der Waals surface area contributed by atoms with E-state index >= 15 is 0 Å². The monoisotopic (exact) mass is 1030 g/mol. The summed E-state index contributed by atoms with van der Waals surface area (Å²) >= 11 is 0.729. The zero-order valence-corrected chi connectivity index (χ0v) is 43.5. The predicted molar refractivity (Wildman–Crippen MR) is 249 cm³/mol. The minimum absolute atomic E-state index is 0. The second-order valence-corrected chi connectivity index (χ2v) is 22.8. The van der Waals surface area contributed by atoms with E-state index in [4.69, 9.17) is 0 Å². The molecule has 5 aromatic rings. The number of aryl methyl sites for hydroxylation is 2. The van der Waals surface area contributed by atoms with Crippen LogP contribution in [-0.4, -0.2) is 3.21 Å². The van der Waals surface area contributed by atoms with Gasteiger partial charge in [0.05, 0.1) is 0 Å². The summed E-state index contributed by atoms with van der Waals surface area (Å²) < 4.78 is 76.7. The molecule has 67 heavy (non-hydrogen) atoms. The predicted octanol–water partition coefficient (Wildman–Crippen LogP) is 10.1. The Labute approximate surface area is 420 Å². The standard InChI is InChI=1S/C25H25.C18H25.C15H8F6.2ClH.Zr/c1-14-12-24(3,4)22-8-16-7-17-9-23-19(15(2)13-25(23,5)6)11-21(17)20(16)10-18(14)22;1-12-3-13(2)17(4-12)11-18-8-14-5-15(9-18)7-16(6-14)10-18;16-14(17,18)12-5-1-3-10(8-12)7-11-4-2-6-13(9-11)15(19,20)21;;;/h8-12H,7H2,1-6H3;3-4,14-16H,5-11H2,1-2H3;1-6,8-9H;2*1H;/q2*-1;;;;+2/p-2. The number of allylic oxidation sites excluding steroid dienone is 4. The molecule has 9 heteroatoms. The van der Waals surface area contributed by atoms with Gasteiger partial charge in [0, 0.05) is 5.41 Å². The Bertz CT molecular complexity index is 2620. The van der Waals surface area contributed by atoms with Gasteiger partial charge in [-0.1, -0.05) is 78.5 Å². The molecule has 4 fully saturated rings. The Balaban J connectivity index is 0.000000149. The summed E-state index contributed by atoms with van der Waals surface area (Å²) in [6.45, 7) is 18.2. The minimum Gasteiger partial charge on any atom is -1.00 e. The van der Waals surface area contributed by atoms with Crippen molar-refractivity contribution < 1.29 is 75.4 Å². The summed E-state index contributed by atoms with van der Waals surface area (Å²) in [5, 5.41) is 0. The van der Waals surface area contributed by atoms with Crippen LogP contribution in [0.25, 0.3) is 22.3 Å². The Morgan fingerprint density at radius 1 is 0.657 bits per heavy atom. The maximum atomic E-state index is 12.7. The fourth-order valence-corrected chi connectivity index (χ4v) is 13.9. The summed E-state index contributed by atoms with van der Waals surface area (Å²) in [7, 11) is 0. The van der Waals surface area contributed by atoms with E-state index in [0.29, 0.717) is 8.62 Å². The normalized spacial score (nSPS) is 22.9. The Hall–Kier alpha value is -3.38. The van der Waals surface area contributed by atoms with E-state index < -0.39 is 23.5 Å². The van der Waals surface area contributed by atoms with Gasteiger partial charge in [-0.05, 0) is 120 Å². The fraction of sp³-hybridized carbons (Fsp3) is 0.414. The molecule has 0 nitrogen and oxygen atoms in total. The van der Waals surface area contributed by atoms with E-state index in [9.17, 15) is 26.3 Å². The largest absolute Gasteiger partial charge is 1.00 e. The van der Waals surface area contributed by atoms with Crippen LogP contribution in [0.2, 0.25) is 0 Å². The van der Waals surface area contributed by atoms with Crippen LogP contribution >= 0.6 is 0 Å². The molecule has 4 bridgehead atoms. The average Bonchev–Trinajstić information content (AvgIpc) is 3.88. The van der Waals surface area contributed by atoms with Crippen LogP contribution in [0.5, 0.6) is 0 Å². The van der Waals surface area contributed by atoms with Crippen LogP contribution in [0.1, 0.15) is 152 Å². The Kier molecular flexibility index (Phi) is 14.2. The molecule has 5 aromatic carbocycles. The average molecular weight is 1030 g/mol. The minimum atomic E-state index is -4.49. The molecular weight excluding hydrogens is 973 g/mol. The van der Waals surface area contributed by atoms with Crippen LogP contribution in [0.3, 0.4) is 0 Å². The summed E-state index contributed by atoms with van der Waals surface area (Å²) in [5.74, 6) is 3.27. The van der Waals surface area contributed by atoms with Gasteiger partial charge in [0.2, 0.25) is 0 Å². The topological polar surface area (TPSA) is 0 Å². The summed E-state index contributed by atoms with van der Waals surface area (Å²) in [4.78, 5) is 0. The van der Waals surface area contributed by atoms with Crippen LogP contribution in [0.4, 0.5) is 26.3 Å². The number of benzene rings is 4. The van der Waals surface area contributed by atoms with Gasteiger partial charge in [-0.2, -0.15) is 28.3 Å². The molecule has 0 aromatic heterocycles. The van der Waals surface area contributed by atoms with Gasteiger partial charge in [0.1, 0.15) is 0 Å². The summed E-state index contributed by atoms with van der Waals surface area (Å²) in [5.41, 5.74) is 18.8. The van der Waals surface area contributed by atoms with Crippen molar-refractivity contribution in [3.05, 3.63) is 169 Å². The molecule has 4 saturated carbocycles. The van der Waals surface area contributed by atoms with Crippen LogP contribution in [0, 0.1) is 43.1 Å². The van der Waals surface area contributed by atoms with Crippen molar-refractivity contribution in [2.75, 3.05) is 0 Å². The first-order chi connectivity index (χ1) is 30.4. The summed E-state index contributed by atoms with van der Waals surface area (Å²) in [6, 6.07) is 23.8. The smallest absolute Gasteiger partial charge is 1.00 e. The molecule has 0 saturated heterocycles. The molecule has 0 spiro atoms. The van der Waals surface area contributed by atoms with Gasteiger partial charge in [-0.15, -0.1) is 11.6 Å². The van der Waals surface area contributed by atoms with E-state index in [1.807, 2.05) is 0 Å². The van der Waals surface area contributed by atoms with Crippen LogP contribution < -0.4 is 24.8 Å². The van der Waals surface area contributed by atoms with Gasteiger partial charge < -0.3 is 24.8 Å². The molecule has 0 aliphatic heterocycles. The van der Waals surface area contributed by atoms with Gasteiger partial charge in [0.25, 0.3) is 0 Å². The molecule has 0 unspecified atom stereocenters. The molecule has 352 valence electrons. The molecule has 7 aliphatic rings. The van der Waals surface area contributed by atoms with Gasteiger partial charge in [-0.25, -0.2) is 11.6 Å². The molecule has 0 heterocycles. The first kappa shape index (κ1) is 51.5. The van der Waals surface area contributed by atoms with E-state index in [1.165, 1.54) is 91.9 Å². The number of alkyl halides is 6. The van der Waals surface area contributed by atoms with Crippen molar-refractivity contribution in [3.63, 3.8) is 0 Å². The van der Waals surface area contributed by atoms with Crippen LogP contribution in [-0.2, 0) is 60.3 Å². The van der Waals surface area contributed by atoms with Gasteiger partial charge in [-0.3, -0.25) is 6.08 Å². The molecule has 12 rings (SSSR count). The number of halogens is 8. The van der Waals surface area contributed by atoms with E-state index in [2.05, 4.69) is 104 Å². The van der Waals surface area contributed by atoms with Gasteiger partial charge >= 0.3 is 137 Å². The van der Waals surface area contributed by atoms with E-state index in [1.54, 1.807) is 49.7 Å². The maximum Gasteiger partial charge on any atom is -1.00 e. The third kappa shape index (κ3) is 10.1. The van der Waals surface area contributed by atoms with Gasteiger partial charge in [0.15, 0.2) is 0 Å². The number of hydrogen-bond acceptors (Lipinski definition) is 0.